The first kappa shape index (κ1) is 22.5. The number of unbranched alkanes of at least 4 members (excludes halogenated alkanes) is 1. The third-order valence-corrected chi connectivity index (χ3v) is 6.24. The molecule has 2 aromatic heterocycles. The Kier molecular flexibility index (Phi) is 6.66. The summed E-state index contributed by atoms with van der Waals surface area (Å²) >= 11 is 0. The Morgan fingerprint density at radius 3 is 2.26 bits per heavy atom. The summed E-state index contributed by atoms with van der Waals surface area (Å²) in [6.07, 6.45) is 5.07. The highest BCUT2D eigenvalue weighted by Gasteiger charge is 2.13. The van der Waals surface area contributed by atoms with Gasteiger partial charge in [-0.25, -0.2) is 9.89 Å². The van der Waals surface area contributed by atoms with E-state index in [-0.39, 0.29) is 5.69 Å². The maximum absolute atomic E-state index is 13.3. The number of benzene rings is 3. The molecule has 5 aromatic rings. The summed E-state index contributed by atoms with van der Waals surface area (Å²) in [5.41, 5.74) is 6.39. The molecule has 0 aliphatic heterocycles. The fourth-order valence-corrected chi connectivity index (χ4v) is 4.39. The number of aryl methyl sites for hydroxylation is 1. The summed E-state index contributed by atoms with van der Waals surface area (Å²) in [6.45, 7) is 3.31. The molecule has 1 N–H and O–H groups in total. The topological polar surface area (TPSA) is 81.4 Å². The summed E-state index contributed by atoms with van der Waals surface area (Å²) in [5.74, 6) is 0.636. The largest absolute Gasteiger partial charge is 0.328 e. The molecule has 3 aromatic carbocycles. The van der Waals surface area contributed by atoms with Crippen molar-refractivity contribution >= 4 is 0 Å². The van der Waals surface area contributed by atoms with Crippen LogP contribution in [0.15, 0.2) is 89.9 Å². The van der Waals surface area contributed by atoms with E-state index in [4.69, 9.17) is 0 Å². The van der Waals surface area contributed by atoms with Crippen molar-refractivity contribution in [3.05, 3.63) is 112 Å². The molecule has 0 saturated carbocycles. The van der Waals surface area contributed by atoms with Crippen LogP contribution in [0.1, 0.15) is 36.6 Å². The van der Waals surface area contributed by atoms with E-state index >= 15 is 0 Å². The van der Waals surface area contributed by atoms with Crippen LogP contribution in [0.25, 0.3) is 22.5 Å². The molecule has 0 fully saturated rings. The van der Waals surface area contributed by atoms with Gasteiger partial charge in [-0.2, -0.15) is 0 Å². The molecule has 0 aliphatic carbocycles. The monoisotopic (exact) mass is 464 g/mol. The highest BCUT2D eigenvalue weighted by molar-refractivity contribution is 5.80. The number of hydrogen-bond donors (Lipinski definition) is 1. The minimum Gasteiger partial charge on any atom is -0.295 e. The number of imidazole rings is 1. The van der Waals surface area contributed by atoms with E-state index < -0.39 is 0 Å². The minimum atomic E-state index is 0.0344. The lowest BCUT2D eigenvalue weighted by Gasteiger charge is -2.10. The Labute approximate surface area is 204 Å². The van der Waals surface area contributed by atoms with E-state index in [1.807, 2.05) is 51.7 Å². The minimum absolute atomic E-state index is 0.0344. The second kappa shape index (κ2) is 10.3. The highest BCUT2D eigenvalue weighted by atomic mass is 16.1. The van der Waals surface area contributed by atoms with Gasteiger partial charge >= 0.3 is 5.69 Å². The predicted octanol–water partition coefficient (Wildman–Crippen LogP) is 4.94. The van der Waals surface area contributed by atoms with E-state index in [1.54, 1.807) is 0 Å². The van der Waals surface area contributed by atoms with Crippen molar-refractivity contribution in [2.45, 2.75) is 39.3 Å². The van der Waals surface area contributed by atoms with Crippen LogP contribution in [-0.2, 0) is 19.5 Å². The van der Waals surface area contributed by atoms with Gasteiger partial charge in [0.05, 0.1) is 13.1 Å². The Bertz CT molecular complexity index is 1430. The first-order valence-corrected chi connectivity index (χ1v) is 12.0. The van der Waals surface area contributed by atoms with Crippen molar-refractivity contribution in [2.24, 2.45) is 0 Å². The Hall–Kier alpha value is -4.26. The van der Waals surface area contributed by atoms with Crippen LogP contribution >= 0.6 is 0 Å². The smallest absolute Gasteiger partial charge is 0.295 e. The van der Waals surface area contributed by atoms with Gasteiger partial charge in [0.2, 0.25) is 0 Å². The fourth-order valence-electron chi connectivity index (χ4n) is 4.39. The maximum atomic E-state index is 13.3. The number of tetrazole rings is 1. The van der Waals surface area contributed by atoms with Crippen LogP contribution in [-0.4, -0.2) is 29.8 Å². The van der Waals surface area contributed by atoms with Crippen LogP contribution in [0.4, 0.5) is 0 Å². The molecule has 176 valence electrons. The third kappa shape index (κ3) is 4.99. The van der Waals surface area contributed by atoms with Crippen molar-refractivity contribution in [1.82, 2.24) is 29.8 Å². The Morgan fingerprint density at radius 2 is 1.54 bits per heavy atom. The lowest BCUT2D eigenvalue weighted by Crippen LogP contribution is -2.26. The van der Waals surface area contributed by atoms with Gasteiger partial charge < -0.3 is 0 Å². The highest BCUT2D eigenvalue weighted by Crippen LogP contribution is 2.29. The molecule has 7 nitrogen and oxygen atoms in total. The van der Waals surface area contributed by atoms with Gasteiger partial charge in [0.25, 0.3) is 0 Å². The predicted molar refractivity (Wildman–Crippen MR) is 137 cm³/mol. The summed E-state index contributed by atoms with van der Waals surface area (Å²) in [7, 11) is 0. The lowest BCUT2D eigenvalue weighted by molar-refractivity contribution is 0.655. The van der Waals surface area contributed by atoms with Gasteiger partial charge in [-0.05, 0) is 45.5 Å². The number of aromatic nitrogens is 6. The average molecular weight is 465 g/mol. The molecule has 2 heterocycles. The van der Waals surface area contributed by atoms with E-state index in [0.29, 0.717) is 18.9 Å². The molecule has 5 rings (SSSR count). The second-order valence-electron chi connectivity index (χ2n) is 8.70. The van der Waals surface area contributed by atoms with Crippen molar-refractivity contribution in [2.75, 3.05) is 0 Å². The molecule has 0 unspecified atom stereocenters. The molecule has 35 heavy (non-hydrogen) atoms. The van der Waals surface area contributed by atoms with Crippen molar-refractivity contribution < 1.29 is 0 Å². The number of aromatic amines is 1. The molecule has 0 atom stereocenters. The van der Waals surface area contributed by atoms with Gasteiger partial charge in [-0.1, -0.05) is 92.2 Å². The van der Waals surface area contributed by atoms with Crippen LogP contribution in [0.5, 0.6) is 0 Å². The number of nitrogens with zero attached hydrogens (tertiary/aromatic N) is 5. The maximum Gasteiger partial charge on any atom is 0.328 e. The van der Waals surface area contributed by atoms with Crippen LogP contribution in [0.2, 0.25) is 0 Å². The van der Waals surface area contributed by atoms with Gasteiger partial charge in [0.1, 0.15) is 0 Å². The molecular formula is C28H28N6O. The normalized spacial score (nSPS) is 11.1. The van der Waals surface area contributed by atoms with E-state index in [1.165, 1.54) is 0 Å². The van der Waals surface area contributed by atoms with Crippen LogP contribution < -0.4 is 5.69 Å². The zero-order valence-corrected chi connectivity index (χ0v) is 19.8. The number of H-pyrrole nitrogens is 1. The summed E-state index contributed by atoms with van der Waals surface area (Å²) in [5, 5.41) is 14.3. The van der Waals surface area contributed by atoms with Crippen molar-refractivity contribution in [1.29, 1.82) is 0 Å². The van der Waals surface area contributed by atoms with Crippen molar-refractivity contribution in [3.8, 4) is 22.5 Å². The molecular weight excluding hydrogens is 436 g/mol. The summed E-state index contributed by atoms with van der Waals surface area (Å²) in [4.78, 5) is 13.3. The third-order valence-electron chi connectivity index (χ3n) is 6.24. The van der Waals surface area contributed by atoms with E-state index in [9.17, 15) is 4.79 Å². The fraction of sp³-hybridized carbons (Fsp3) is 0.214. The van der Waals surface area contributed by atoms with Gasteiger partial charge in [-0.3, -0.25) is 9.13 Å². The second-order valence-corrected chi connectivity index (χ2v) is 8.70. The molecule has 0 radical (unpaired) electrons. The first-order valence-electron chi connectivity index (χ1n) is 12.0. The zero-order chi connectivity index (χ0) is 24.0. The Morgan fingerprint density at radius 1 is 0.829 bits per heavy atom. The number of hydrogen-bond acceptors (Lipinski definition) is 4. The van der Waals surface area contributed by atoms with Crippen LogP contribution in [0.3, 0.4) is 0 Å². The Balaban J connectivity index is 1.42. The SMILES string of the molecule is CCCCc1cn(Cc2ccccc2)c(=O)n1Cc1ccc(-c2ccccc2-c2nnn[nH]2)cc1. The van der Waals surface area contributed by atoms with Crippen molar-refractivity contribution in [3.63, 3.8) is 0 Å². The summed E-state index contributed by atoms with van der Waals surface area (Å²) in [6, 6.07) is 26.5. The first-order chi connectivity index (χ1) is 17.2. The summed E-state index contributed by atoms with van der Waals surface area (Å²) < 4.78 is 3.75. The molecule has 0 bridgehead atoms. The van der Waals surface area contributed by atoms with Gasteiger partial charge in [0.15, 0.2) is 5.82 Å². The van der Waals surface area contributed by atoms with Gasteiger partial charge in [-0.15, -0.1) is 5.10 Å². The average Bonchev–Trinajstić information content (AvgIpc) is 3.54. The number of rotatable bonds is 9. The van der Waals surface area contributed by atoms with E-state index in [2.05, 4.69) is 70.0 Å². The zero-order valence-electron chi connectivity index (χ0n) is 19.8. The molecule has 0 amide bonds. The van der Waals surface area contributed by atoms with E-state index in [0.717, 1.165) is 52.8 Å². The standard InChI is InChI=1S/C28H28N6O/c1-2-3-11-24-20-33(18-21-9-5-4-6-10-21)28(35)34(24)19-22-14-16-23(17-15-22)25-12-7-8-13-26(25)27-29-31-32-30-27/h4-10,12-17,20H,2-3,11,18-19H2,1H3,(H,29,30,31,32). The molecule has 0 aliphatic rings. The quantitative estimate of drug-likeness (QED) is 0.335. The molecule has 0 saturated heterocycles. The van der Waals surface area contributed by atoms with Crippen LogP contribution in [0, 0.1) is 0 Å². The van der Waals surface area contributed by atoms with Gasteiger partial charge in [0, 0.05) is 17.5 Å². The molecule has 7 heteroatoms. The lowest BCUT2D eigenvalue weighted by atomic mass is 9.98. The number of nitrogens with one attached hydrogen (secondary N) is 1. The molecule has 0 spiro atoms.